The lowest BCUT2D eigenvalue weighted by Gasteiger charge is -2.28. The van der Waals surface area contributed by atoms with Crippen LogP contribution in [-0.2, 0) is 13.0 Å². The van der Waals surface area contributed by atoms with Crippen LogP contribution in [0.4, 0.5) is 0 Å². The van der Waals surface area contributed by atoms with Gasteiger partial charge in [-0.15, -0.1) is 0 Å². The van der Waals surface area contributed by atoms with Gasteiger partial charge in [0.25, 0.3) is 0 Å². The third kappa shape index (κ3) is 3.45. The normalized spacial score (nSPS) is 26.5. The van der Waals surface area contributed by atoms with Gasteiger partial charge in [0.2, 0.25) is 0 Å². The second-order valence-electron chi connectivity index (χ2n) is 7.08. The summed E-state index contributed by atoms with van der Waals surface area (Å²) >= 11 is 3.64. The zero-order valence-corrected chi connectivity index (χ0v) is 14.8. The second kappa shape index (κ2) is 5.80. The molecule has 0 bridgehead atoms. The van der Waals surface area contributed by atoms with Gasteiger partial charge in [0.15, 0.2) is 0 Å². The van der Waals surface area contributed by atoms with Crippen molar-refractivity contribution in [1.82, 2.24) is 9.78 Å². The summed E-state index contributed by atoms with van der Waals surface area (Å²) in [5, 5.41) is 15.6. The zero-order valence-electron chi connectivity index (χ0n) is 13.2. The van der Waals surface area contributed by atoms with Crippen LogP contribution in [0.2, 0.25) is 0 Å². The predicted octanol–water partition coefficient (Wildman–Crippen LogP) is 4.24. The molecule has 1 saturated carbocycles. The molecular weight excluding hydrogens is 316 g/mol. The summed E-state index contributed by atoms with van der Waals surface area (Å²) in [6.07, 6.45) is 5.92. The number of hydrogen-bond donors (Lipinski definition) is 1. The molecule has 114 valence electrons. The first-order valence-electron chi connectivity index (χ1n) is 7.70. The average Bonchev–Trinajstić information content (AvgIpc) is 2.55. The Kier molecular flexibility index (Phi) is 4.65. The summed E-state index contributed by atoms with van der Waals surface area (Å²) in [7, 11) is 0. The molecule has 0 amide bonds. The Morgan fingerprint density at radius 1 is 1.25 bits per heavy atom. The van der Waals surface area contributed by atoms with E-state index in [2.05, 4.69) is 41.8 Å². The summed E-state index contributed by atoms with van der Waals surface area (Å²) in [5.74, 6) is 0. The van der Waals surface area contributed by atoms with Crippen molar-refractivity contribution in [1.29, 1.82) is 0 Å². The lowest BCUT2D eigenvalue weighted by molar-refractivity contribution is 0.0206. The molecule has 1 aromatic heterocycles. The molecule has 1 fully saturated rings. The van der Waals surface area contributed by atoms with Crippen LogP contribution in [0.25, 0.3) is 0 Å². The van der Waals surface area contributed by atoms with Gasteiger partial charge in [0, 0.05) is 13.0 Å². The quantitative estimate of drug-likeness (QED) is 0.834. The molecular formula is C16H27BrN2O. The van der Waals surface area contributed by atoms with Crippen molar-refractivity contribution < 1.29 is 5.11 Å². The van der Waals surface area contributed by atoms with E-state index in [1.807, 2.05) is 11.6 Å². The van der Waals surface area contributed by atoms with E-state index in [1.54, 1.807) is 0 Å². The number of aryl methyl sites for hydroxylation is 2. The van der Waals surface area contributed by atoms with Crippen LogP contribution in [-0.4, -0.2) is 20.5 Å². The predicted molar refractivity (Wildman–Crippen MR) is 85.9 cm³/mol. The molecule has 1 aliphatic rings. The fourth-order valence-electron chi connectivity index (χ4n) is 3.24. The first kappa shape index (κ1) is 16.0. The molecule has 0 saturated heterocycles. The van der Waals surface area contributed by atoms with Crippen molar-refractivity contribution in [2.24, 2.45) is 5.41 Å². The largest absolute Gasteiger partial charge is 0.389 e. The topological polar surface area (TPSA) is 38.0 Å². The molecule has 0 spiro atoms. The highest BCUT2D eigenvalue weighted by Gasteiger charge is 2.35. The maximum atomic E-state index is 11.0. The Hall–Kier alpha value is -0.350. The fourth-order valence-corrected chi connectivity index (χ4v) is 3.67. The molecule has 0 aromatic carbocycles. The van der Waals surface area contributed by atoms with Crippen molar-refractivity contribution in [2.75, 3.05) is 0 Å². The molecule has 1 unspecified atom stereocenters. The lowest BCUT2D eigenvalue weighted by Crippen LogP contribution is -2.32. The van der Waals surface area contributed by atoms with Crippen LogP contribution < -0.4 is 0 Å². The van der Waals surface area contributed by atoms with E-state index < -0.39 is 5.60 Å². The van der Waals surface area contributed by atoms with Gasteiger partial charge < -0.3 is 5.11 Å². The first-order valence-corrected chi connectivity index (χ1v) is 8.50. The third-order valence-corrected chi connectivity index (χ3v) is 5.74. The Morgan fingerprint density at radius 3 is 2.60 bits per heavy atom. The standard InChI is InChI=1S/C16H27BrN2O/c1-5-19-13(14(17)12(2)18-19)11-16(20)8-6-7-15(3,4)9-10-16/h20H,5-11H2,1-4H3. The van der Waals surface area contributed by atoms with Crippen molar-refractivity contribution in [2.45, 2.75) is 78.4 Å². The molecule has 3 nitrogen and oxygen atoms in total. The lowest BCUT2D eigenvalue weighted by atomic mass is 9.83. The van der Waals surface area contributed by atoms with Crippen LogP contribution >= 0.6 is 15.9 Å². The van der Waals surface area contributed by atoms with Gasteiger partial charge in [-0.2, -0.15) is 5.10 Å². The van der Waals surface area contributed by atoms with Crippen LogP contribution in [0, 0.1) is 12.3 Å². The van der Waals surface area contributed by atoms with Gasteiger partial charge in [-0.3, -0.25) is 4.68 Å². The molecule has 1 aromatic rings. The van der Waals surface area contributed by atoms with E-state index in [0.29, 0.717) is 11.8 Å². The summed E-state index contributed by atoms with van der Waals surface area (Å²) in [5.41, 5.74) is 1.95. The number of aliphatic hydroxyl groups is 1. The number of rotatable bonds is 3. The molecule has 0 aliphatic heterocycles. The average molecular weight is 343 g/mol. The summed E-state index contributed by atoms with van der Waals surface area (Å²) in [6, 6.07) is 0. The Bertz CT molecular complexity index is 481. The minimum Gasteiger partial charge on any atom is -0.389 e. The number of hydrogen-bond acceptors (Lipinski definition) is 2. The highest BCUT2D eigenvalue weighted by atomic mass is 79.9. The van der Waals surface area contributed by atoms with Crippen molar-refractivity contribution >= 4 is 15.9 Å². The van der Waals surface area contributed by atoms with E-state index in [9.17, 15) is 5.11 Å². The number of halogens is 1. The van der Waals surface area contributed by atoms with Gasteiger partial charge in [0.1, 0.15) is 0 Å². The van der Waals surface area contributed by atoms with Crippen LogP contribution in [0.5, 0.6) is 0 Å². The monoisotopic (exact) mass is 342 g/mol. The summed E-state index contributed by atoms with van der Waals surface area (Å²) < 4.78 is 3.09. The minimum atomic E-state index is -0.574. The van der Waals surface area contributed by atoms with E-state index in [-0.39, 0.29) is 0 Å². The van der Waals surface area contributed by atoms with Gasteiger partial charge in [-0.05, 0) is 60.9 Å². The molecule has 1 atom stereocenters. The Labute approximate surface area is 130 Å². The summed E-state index contributed by atoms with van der Waals surface area (Å²) in [4.78, 5) is 0. The van der Waals surface area contributed by atoms with Gasteiger partial charge in [-0.25, -0.2) is 0 Å². The van der Waals surface area contributed by atoms with E-state index in [0.717, 1.165) is 48.1 Å². The van der Waals surface area contributed by atoms with Crippen LogP contribution in [0.15, 0.2) is 4.47 Å². The van der Waals surface area contributed by atoms with Crippen molar-refractivity contribution in [3.8, 4) is 0 Å². The van der Waals surface area contributed by atoms with E-state index in [1.165, 1.54) is 6.42 Å². The number of aromatic nitrogens is 2. The maximum absolute atomic E-state index is 11.0. The van der Waals surface area contributed by atoms with Crippen molar-refractivity contribution in [3.05, 3.63) is 15.9 Å². The van der Waals surface area contributed by atoms with E-state index >= 15 is 0 Å². The molecule has 2 rings (SSSR count). The maximum Gasteiger partial charge on any atom is 0.0738 e. The Balaban J connectivity index is 2.20. The SMILES string of the molecule is CCn1nc(C)c(Br)c1CC1(O)CCCC(C)(C)CC1. The smallest absolute Gasteiger partial charge is 0.0738 e. The van der Waals surface area contributed by atoms with Crippen LogP contribution in [0.1, 0.15) is 64.3 Å². The molecule has 1 heterocycles. The van der Waals surface area contributed by atoms with Crippen LogP contribution in [0.3, 0.4) is 0 Å². The third-order valence-electron chi connectivity index (χ3n) is 4.71. The molecule has 1 aliphatic carbocycles. The second-order valence-corrected chi connectivity index (χ2v) is 7.87. The van der Waals surface area contributed by atoms with E-state index in [4.69, 9.17) is 0 Å². The summed E-state index contributed by atoms with van der Waals surface area (Å²) in [6.45, 7) is 9.59. The highest BCUT2D eigenvalue weighted by Crippen LogP contribution is 2.40. The molecule has 1 N–H and O–H groups in total. The zero-order chi connectivity index (χ0) is 15.0. The van der Waals surface area contributed by atoms with Gasteiger partial charge in [-0.1, -0.05) is 20.3 Å². The van der Waals surface area contributed by atoms with Gasteiger partial charge >= 0.3 is 0 Å². The Morgan fingerprint density at radius 2 is 1.95 bits per heavy atom. The molecule has 20 heavy (non-hydrogen) atoms. The first-order chi connectivity index (χ1) is 9.26. The molecule has 4 heteroatoms. The van der Waals surface area contributed by atoms with Crippen molar-refractivity contribution in [3.63, 3.8) is 0 Å². The fraction of sp³-hybridized carbons (Fsp3) is 0.812. The number of nitrogens with zero attached hydrogens (tertiary/aromatic N) is 2. The molecule has 0 radical (unpaired) electrons. The minimum absolute atomic E-state index is 0.364. The highest BCUT2D eigenvalue weighted by molar-refractivity contribution is 9.10. The van der Waals surface area contributed by atoms with Gasteiger partial charge in [0.05, 0.1) is 21.5 Å².